The summed E-state index contributed by atoms with van der Waals surface area (Å²) in [4.78, 5) is 28.9. The van der Waals surface area contributed by atoms with Gasteiger partial charge in [-0.2, -0.15) is 0 Å². The zero-order valence-electron chi connectivity index (χ0n) is 17.9. The molecule has 3 rings (SSSR count). The third-order valence-electron chi connectivity index (χ3n) is 5.04. The molecule has 2 amide bonds. The number of rotatable bonds is 3. The van der Waals surface area contributed by atoms with Gasteiger partial charge in [0.05, 0.1) is 10.6 Å². The number of halogens is 1. The summed E-state index contributed by atoms with van der Waals surface area (Å²) in [6, 6.07) is 14.6. The number of hydrogen-bond acceptors (Lipinski definition) is 4. The van der Waals surface area contributed by atoms with Crippen LogP contribution >= 0.6 is 23.8 Å². The van der Waals surface area contributed by atoms with E-state index in [1.807, 2.05) is 49.9 Å². The van der Waals surface area contributed by atoms with E-state index in [4.69, 9.17) is 23.8 Å². The molecule has 0 saturated carbocycles. The van der Waals surface area contributed by atoms with Crippen molar-refractivity contribution in [2.75, 3.05) is 36.4 Å². The van der Waals surface area contributed by atoms with E-state index in [2.05, 4.69) is 15.5 Å². The Bertz CT molecular complexity index is 964. The van der Waals surface area contributed by atoms with Crippen LogP contribution in [0, 0.1) is 5.41 Å². The van der Waals surface area contributed by atoms with Gasteiger partial charge in [-0.3, -0.25) is 14.9 Å². The van der Waals surface area contributed by atoms with E-state index in [1.165, 1.54) is 0 Å². The molecule has 1 fully saturated rings. The Morgan fingerprint density at radius 2 is 1.58 bits per heavy atom. The van der Waals surface area contributed by atoms with Gasteiger partial charge in [0.15, 0.2) is 5.11 Å². The van der Waals surface area contributed by atoms with E-state index in [9.17, 15) is 9.59 Å². The van der Waals surface area contributed by atoms with Gasteiger partial charge in [-0.15, -0.1) is 0 Å². The van der Waals surface area contributed by atoms with Crippen LogP contribution in [-0.4, -0.2) is 48.0 Å². The number of nitrogens with one attached hydrogen (secondary N) is 2. The zero-order chi connectivity index (χ0) is 22.6. The first-order chi connectivity index (χ1) is 14.6. The second-order valence-electron chi connectivity index (χ2n) is 8.46. The van der Waals surface area contributed by atoms with Gasteiger partial charge in [0, 0.05) is 43.0 Å². The van der Waals surface area contributed by atoms with Gasteiger partial charge in [0.25, 0.3) is 5.91 Å². The van der Waals surface area contributed by atoms with E-state index in [0.717, 1.165) is 24.5 Å². The van der Waals surface area contributed by atoms with Crippen molar-refractivity contribution in [3.05, 3.63) is 59.1 Å². The third-order valence-corrected chi connectivity index (χ3v) is 5.58. The van der Waals surface area contributed by atoms with Crippen LogP contribution in [0.3, 0.4) is 0 Å². The summed E-state index contributed by atoms with van der Waals surface area (Å²) < 4.78 is 0. The van der Waals surface area contributed by atoms with Gasteiger partial charge in [0.1, 0.15) is 0 Å². The molecule has 1 aliphatic rings. The maximum atomic E-state index is 12.4. The molecule has 2 N–H and O–H groups in total. The van der Waals surface area contributed by atoms with E-state index in [1.54, 1.807) is 24.3 Å². The summed E-state index contributed by atoms with van der Waals surface area (Å²) in [7, 11) is 0. The molecule has 1 aliphatic heterocycles. The number of nitrogens with zero attached hydrogens (tertiary/aromatic N) is 2. The van der Waals surface area contributed by atoms with E-state index >= 15 is 0 Å². The molecule has 0 spiro atoms. The molecule has 0 aromatic heterocycles. The molecule has 6 nitrogen and oxygen atoms in total. The fourth-order valence-electron chi connectivity index (χ4n) is 3.38. The second-order valence-corrected chi connectivity index (χ2v) is 9.28. The van der Waals surface area contributed by atoms with Gasteiger partial charge < -0.3 is 15.1 Å². The lowest BCUT2D eigenvalue weighted by Gasteiger charge is -2.38. The van der Waals surface area contributed by atoms with Crippen LogP contribution in [0.4, 0.5) is 11.4 Å². The lowest BCUT2D eigenvalue weighted by molar-refractivity contribution is -0.139. The Labute approximate surface area is 193 Å². The summed E-state index contributed by atoms with van der Waals surface area (Å²) in [5.74, 6) is -0.165. The predicted octanol–water partition coefficient (Wildman–Crippen LogP) is 4.16. The predicted molar refractivity (Wildman–Crippen MR) is 130 cm³/mol. The molecule has 0 bridgehead atoms. The first-order valence-corrected chi connectivity index (χ1v) is 10.9. The highest BCUT2D eigenvalue weighted by molar-refractivity contribution is 7.80. The van der Waals surface area contributed by atoms with Crippen molar-refractivity contribution in [1.29, 1.82) is 0 Å². The average Bonchev–Trinajstić information content (AvgIpc) is 2.73. The molecule has 2 aromatic rings. The molecule has 0 atom stereocenters. The lowest BCUT2D eigenvalue weighted by atomic mass is 9.94. The van der Waals surface area contributed by atoms with Gasteiger partial charge in [-0.05, 0) is 48.6 Å². The number of anilines is 2. The van der Waals surface area contributed by atoms with Gasteiger partial charge >= 0.3 is 0 Å². The minimum absolute atomic E-state index is 0.194. The number of carbonyl (C=O) groups excluding carboxylic acids is 2. The van der Waals surface area contributed by atoms with Crippen LogP contribution in [0.2, 0.25) is 5.02 Å². The first kappa shape index (κ1) is 23.0. The van der Waals surface area contributed by atoms with E-state index < -0.39 is 0 Å². The van der Waals surface area contributed by atoms with Crippen molar-refractivity contribution in [1.82, 2.24) is 10.2 Å². The highest BCUT2D eigenvalue weighted by Crippen LogP contribution is 2.23. The fraction of sp³-hybridized carbons (Fsp3) is 0.348. The van der Waals surface area contributed by atoms with E-state index in [-0.39, 0.29) is 22.3 Å². The molecule has 164 valence electrons. The normalized spacial score (nSPS) is 14.2. The highest BCUT2D eigenvalue weighted by atomic mass is 35.5. The van der Waals surface area contributed by atoms with Crippen LogP contribution < -0.4 is 15.5 Å². The number of carbonyl (C=O) groups is 2. The molecule has 31 heavy (non-hydrogen) atoms. The molecule has 1 heterocycles. The highest BCUT2D eigenvalue weighted by Gasteiger charge is 2.29. The quantitative estimate of drug-likeness (QED) is 0.676. The molecule has 8 heteroatoms. The Balaban J connectivity index is 1.53. The minimum Gasteiger partial charge on any atom is -0.368 e. The maximum absolute atomic E-state index is 12.4. The third kappa shape index (κ3) is 5.95. The number of hydrogen-bond donors (Lipinski definition) is 2. The Morgan fingerprint density at radius 3 is 2.16 bits per heavy atom. The van der Waals surface area contributed by atoms with Crippen molar-refractivity contribution in [2.45, 2.75) is 20.8 Å². The zero-order valence-corrected chi connectivity index (χ0v) is 19.5. The van der Waals surface area contributed by atoms with Crippen molar-refractivity contribution >= 4 is 52.1 Å². The topological polar surface area (TPSA) is 64.7 Å². The first-order valence-electron chi connectivity index (χ1n) is 10.2. The van der Waals surface area contributed by atoms with E-state index in [0.29, 0.717) is 23.7 Å². The van der Waals surface area contributed by atoms with Crippen LogP contribution in [-0.2, 0) is 4.79 Å². The molecule has 2 aromatic carbocycles. The average molecular weight is 459 g/mol. The Kier molecular flexibility index (Phi) is 7.18. The minimum atomic E-state index is -0.359. The Morgan fingerprint density at radius 1 is 0.968 bits per heavy atom. The number of thiocarbonyl (C=S) groups is 1. The van der Waals surface area contributed by atoms with Crippen LogP contribution in [0.25, 0.3) is 0 Å². The summed E-state index contributed by atoms with van der Waals surface area (Å²) in [6.07, 6.45) is 0. The van der Waals surface area contributed by atoms with Crippen LogP contribution in [0.5, 0.6) is 0 Å². The van der Waals surface area contributed by atoms with Gasteiger partial charge in [0.2, 0.25) is 5.91 Å². The summed E-state index contributed by atoms with van der Waals surface area (Å²) in [5.41, 5.74) is 1.87. The molecule has 0 unspecified atom stereocenters. The number of benzene rings is 2. The Hall–Kier alpha value is -2.64. The summed E-state index contributed by atoms with van der Waals surface area (Å²) >= 11 is 11.3. The molecule has 0 aliphatic carbocycles. The fourth-order valence-corrected chi connectivity index (χ4v) is 3.81. The van der Waals surface area contributed by atoms with Crippen molar-refractivity contribution < 1.29 is 9.59 Å². The lowest BCUT2D eigenvalue weighted by Crippen LogP contribution is -2.51. The van der Waals surface area contributed by atoms with Gasteiger partial charge in [-0.25, -0.2) is 0 Å². The largest absolute Gasteiger partial charge is 0.368 e. The summed E-state index contributed by atoms with van der Waals surface area (Å²) in [6.45, 7) is 8.88. The summed E-state index contributed by atoms with van der Waals surface area (Å²) in [5, 5.41) is 6.23. The number of piperazine rings is 1. The molecule has 0 radical (unpaired) electrons. The number of amides is 2. The smallest absolute Gasteiger partial charge is 0.258 e. The SMILES string of the molecule is CC(C)(C)C(=O)N1CCN(c2ccc(NC(=S)NC(=O)c3ccccc3Cl)cc2)CC1. The van der Waals surface area contributed by atoms with Crippen molar-refractivity contribution in [3.63, 3.8) is 0 Å². The molecular weight excluding hydrogens is 432 g/mol. The monoisotopic (exact) mass is 458 g/mol. The van der Waals surface area contributed by atoms with Crippen LogP contribution in [0.15, 0.2) is 48.5 Å². The van der Waals surface area contributed by atoms with Crippen molar-refractivity contribution in [2.24, 2.45) is 5.41 Å². The second kappa shape index (κ2) is 9.66. The van der Waals surface area contributed by atoms with Crippen LogP contribution in [0.1, 0.15) is 31.1 Å². The maximum Gasteiger partial charge on any atom is 0.258 e. The van der Waals surface area contributed by atoms with Gasteiger partial charge in [-0.1, -0.05) is 44.5 Å². The molecular formula is C23H27ClN4O2S. The van der Waals surface area contributed by atoms with Crippen molar-refractivity contribution in [3.8, 4) is 0 Å². The standard InChI is InChI=1S/C23H27ClN4O2S/c1-23(2,3)21(30)28-14-12-27(13-15-28)17-10-8-16(9-11-17)25-22(31)26-20(29)18-6-4-5-7-19(18)24/h4-11H,12-15H2,1-3H3,(H2,25,26,29,31). The molecule has 1 saturated heterocycles.